The molecule has 2 heterocycles. The highest BCUT2D eigenvalue weighted by Gasteiger charge is 2.23. The summed E-state index contributed by atoms with van der Waals surface area (Å²) in [5, 5.41) is 6.82. The summed E-state index contributed by atoms with van der Waals surface area (Å²) in [4.78, 5) is 13.1. The molecule has 0 unspecified atom stereocenters. The van der Waals surface area contributed by atoms with Crippen LogP contribution in [0.1, 0.15) is 28.1 Å². The fourth-order valence-corrected chi connectivity index (χ4v) is 3.98. The fraction of sp³-hybridized carbons (Fsp3) is 0.438. The van der Waals surface area contributed by atoms with Crippen LogP contribution in [0.3, 0.4) is 0 Å². The molecule has 1 aromatic carbocycles. The van der Waals surface area contributed by atoms with Crippen LogP contribution in [0.15, 0.2) is 18.2 Å². The van der Waals surface area contributed by atoms with Crippen LogP contribution in [-0.4, -0.2) is 32.1 Å². The molecule has 3 rings (SSSR count). The quantitative estimate of drug-likeness (QED) is 0.910. The van der Waals surface area contributed by atoms with Gasteiger partial charge >= 0.3 is 0 Å². The van der Waals surface area contributed by atoms with Crippen LogP contribution >= 0.6 is 11.3 Å². The van der Waals surface area contributed by atoms with E-state index in [0.717, 1.165) is 30.6 Å². The molecule has 0 radical (unpaired) electrons. The van der Waals surface area contributed by atoms with Crippen molar-refractivity contribution in [2.75, 3.05) is 20.2 Å². The number of hydrogen-bond donors (Lipinski definition) is 2. The van der Waals surface area contributed by atoms with Crippen LogP contribution in [0.2, 0.25) is 0 Å². The average Bonchev–Trinajstić information content (AvgIpc) is 2.89. The predicted molar refractivity (Wildman–Crippen MR) is 85.9 cm³/mol. The van der Waals surface area contributed by atoms with Crippen molar-refractivity contribution in [2.24, 2.45) is 0 Å². The Balaban J connectivity index is 1.93. The van der Waals surface area contributed by atoms with Gasteiger partial charge in [-0.1, -0.05) is 6.07 Å². The minimum absolute atomic E-state index is 0.131. The average molecular weight is 322 g/mol. The van der Waals surface area contributed by atoms with Crippen molar-refractivity contribution in [3.63, 3.8) is 0 Å². The summed E-state index contributed by atoms with van der Waals surface area (Å²) in [6, 6.07) is 5.05. The third kappa shape index (κ3) is 2.99. The first-order valence-electron chi connectivity index (χ1n) is 7.41. The number of piperidine rings is 1. The Hall–Kier alpha value is -1.50. The third-order valence-corrected chi connectivity index (χ3v) is 5.09. The van der Waals surface area contributed by atoms with Crippen LogP contribution in [0.4, 0.5) is 4.39 Å². The molecule has 0 saturated carbocycles. The lowest BCUT2D eigenvalue weighted by atomic mass is 10.1. The van der Waals surface area contributed by atoms with E-state index in [2.05, 4.69) is 10.6 Å². The Kier molecular flexibility index (Phi) is 4.71. The van der Waals surface area contributed by atoms with E-state index in [1.54, 1.807) is 13.2 Å². The van der Waals surface area contributed by atoms with Crippen molar-refractivity contribution in [1.29, 1.82) is 0 Å². The van der Waals surface area contributed by atoms with Crippen molar-refractivity contribution in [2.45, 2.75) is 25.5 Å². The van der Waals surface area contributed by atoms with Gasteiger partial charge in [0.2, 0.25) is 0 Å². The van der Waals surface area contributed by atoms with Gasteiger partial charge in [-0.25, -0.2) is 4.39 Å². The molecular formula is C16H19FN2O2S. The molecule has 1 aromatic heterocycles. The Labute approximate surface area is 132 Å². The molecule has 0 bridgehead atoms. The molecule has 1 fully saturated rings. The Morgan fingerprint density at radius 1 is 1.55 bits per heavy atom. The maximum atomic E-state index is 14.1. The van der Waals surface area contributed by atoms with Crippen LogP contribution in [0, 0.1) is 5.82 Å². The molecule has 2 N–H and O–H groups in total. The number of fused-ring (bicyclic) bond motifs is 1. The molecule has 0 aliphatic carbocycles. The first-order chi connectivity index (χ1) is 10.7. The monoisotopic (exact) mass is 322 g/mol. The number of thiophene rings is 1. The number of carbonyl (C=O) groups is 1. The fourth-order valence-electron chi connectivity index (χ4n) is 2.86. The zero-order valence-electron chi connectivity index (χ0n) is 12.4. The van der Waals surface area contributed by atoms with E-state index in [-0.39, 0.29) is 24.4 Å². The van der Waals surface area contributed by atoms with E-state index in [4.69, 9.17) is 4.74 Å². The molecule has 1 saturated heterocycles. The van der Waals surface area contributed by atoms with Gasteiger partial charge in [-0.15, -0.1) is 11.3 Å². The lowest BCUT2D eigenvalue weighted by Crippen LogP contribution is -2.45. The van der Waals surface area contributed by atoms with Gasteiger partial charge in [0.05, 0.1) is 11.5 Å². The third-order valence-electron chi connectivity index (χ3n) is 3.89. The molecule has 0 spiro atoms. The van der Waals surface area contributed by atoms with E-state index in [0.29, 0.717) is 15.8 Å². The first kappa shape index (κ1) is 15.4. The van der Waals surface area contributed by atoms with E-state index < -0.39 is 0 Å². The number of halogens is 1. The summed E-state index contributed by atoms with van der Waals surface area (Å²) in [5.41, 5.74) is 0.641. The number of amides is 1. The molecule has 22 heavy (non-hydrogen) atoms. The van der Waals surface area contributed by atoms with Crippen LogP contribution < -0.4 is 10.6 Å². The summed E-state index contributed by atoms with van der Waals surface area (Å²) >= 11 is 1.32. The minimum atomic E-state index is -0.306. The summed E-state index contributed by atoms with van der Waals surface area (Å²) in [7, 11) is 1.55. The SMILES string of the molecule is COCc1c(C(=O)N[C@H]2CCCNC2)sc2cccc(F)c12. The van der Waals surface area contributed by atoms with E-state index in [1.165, 1.54) is 17.4 Å². The van der Waals surface area contributed by atoms with Gasteiger partial charge in [0.15, 0.2) is 0 Å². The van der Waals surface area contributed by atoms with Gasteiger partial charge < -0.3 is 15.4 Å². The number of hydrogen-bond acceptors (Lipinski definition) is 4. The van der Waals surface area contributed by atoms with Gasteiger partial charge in [0.1, 0.15) is 5.82 Å². The minimum Gasteiger partial charge on any atom is -0.380 e. The van der Waals surface area contributed by atoms with Gasteiger partial charge in [0, 0.05) is 35.3 Å². The molecule has 4 nitrogen and oxygen atoms in total. The van der Waals surface area contributed by atoms with Crippen molar-refractivity contribution in [1.82, 2.24) is 10.6 Å². The number of carbonyl (C=O) groups excluding carboxylic acids is 1. The Bertz CT molecular complexity index is 680. The number of rotatable bonds is 4. The van der Waals surface area contributed by atoms with E-state index >= 15 is 0 Å². The van der Waals surface area contributed by atoms with E-state index in [9.17, 15) is 9.18 Å². The summed E-state index contributed by atoms with van der Waals surface area (Å²) < 4.78 is 20.1. The van der Waals surface area contributed by atoms with Crippen LogP contribution in [-0.2, 0) is 11.3 Å². The Morgan fingerprint density at radius 3 is 3.14 bits per heavy atom. The maximum Gasteiger partial charge on any atom is 0.262 e. The number of benzene rings is 1. The Morgan fingerprint density at radius 2 is 2.41 bits per heavy atom. The van der Waals surface area contributed by atoms with Crippen molar-refractivity contribution >= 4 is 27.3 Å². The topological polar surface area (TPSA) is 50.4 Å². The lowest BCUT2D eigenvalue weighted by Gasteiger charge is -2.23. The summed E-state index contributed by atoms with van der Waals surface area (Å²) in [6.45, 7) is 2.01. The molecule has 6 heteroatoms. The molecule has 1 amide bonds. The van der Waals surface area contributed by atoms with Crippen molar-refractivity contribution < 1.29 is 13.9 Å². The number of ether oxygens (including phenoxy) is 1. The largest absolute Gasteiger partial charge is 0.380 e. The van der Waals surface area contributed by atoms with Crippen molar-refractivity contribution in [3.05, 3.63) is 34.5 Å². The molecule has 1 aliphatic heterocycles. The molecule has 1 aliphatic rings. The molecule has 2 aromatic rings. The normalized spacial score (nSPS) is 18.5. The second-order valence-corrected chi connectivity index (χ2v) is 6.52. The first-order valence-corrected chi connectivity index (χ1v) is 8.22. The molecular weight excluding hydrogens is 303 g/mol. The maximum absolute atomic E-state index is 14.1. The van der Waals surface area contributed by atoms with Gasteiger partial charge in [0.25, 0.3) is 5.91 Å². The van der Waals surface area contributed by atoms with Crippen LogP contribution in [0.5, 0.6) is 0 Å². The highest BCUT2D eigenvalue weighted by molar-refractivity contribution is 7.21. The highest BCUT2D eigenvalue weighted by Crippen LogP contribution is 2.33. The van der Waals surface area contributed by atoms with Crippen LogP contribution in [0.25, 0.3) is 10.1 Å². The molecule has 118 valence electrons. The van der Waals surface area contributed by atoms with Crippen molar-refractivity contribution in [3.8, 4) is 0 Å². The predicted octanol–water partition coefficient (Wildman–Crippen LogP) is 2.67. The van der Waals surface area contributed by atoms with Gasteiger partial charge in [-0.05, 0) is 31.5 Å². The number of methoxy groups -OCH3 is 1. The highest BCUT2D eigenvalue weighted by atomic mass is 32.1. The second kappa shape index (κ2) is 6.73. The van der Waals surface area contributed by atoms with Gasteiger partial charge in [-0.2, -0.15) is 0 Å². The zero-order chi connectivity index (χ0) is 15.5. The lowest BCUT2D eigenvalue weighted by molar-refractivity contribution is 0.0930. The number of nitrogens with one attached hydrogen (secondary N) is 2. The van der Waals surface area contributed by atoms with Gasteiger partial charge in [-0.3, -0.25) is 4.79 Å². The molecule has 1 atom stereocenters. The standard InChI is InChI=1S/C16H19FN2O2S/c1-21-9-11-14-12(17)5-2-6-13(14)22-15(11)16(20)19-10-4-3-7-18-8-10/h2,5-6,10,18H,3-4,7-9H2,1H3,(H,19,20)/t10-/m0/s1. The zero-order valence-corrected chi connectivity index (χ0v) is 13.3. The second-order valence-electron chi connectivity index (χ2n) is 5.47. The summed E-state index contributed by atoms with van der Waals surface area (Å²) in [5.74, 6) is -0.444. The van der Waals surface area contributed by atoms with E-state index in [1.807, 2.05) is 6.07 Å². The summed E-state index contributed by atoms with van der Waals surface area (Å²) in [6.07, 6.45) is 2.02. The smallest absolute Gasteiger partial charge is 0.262 e.